The van der Waals surface area contributed by atoms with Crippen LogP contribution >= 0.6 is 0 Å². The third-order valence-electron chi connectivity index (χ3n) is 9.60. The van der Waals surface area contributed by atoms with Crippen molar-refractivity contribution < 1.29 is 29.4 Å². The lowest BCUT2D eigenvalue weighted by atomic mass is 9.94. The summed E-state index contributed by atoms with van der Waals surface area (Å²) in [6, 6.07) is 10.0. The molecule has 0 saturated carbocycles. The molecule has 0 spiro atoms. The monoisotopic (exact) mass is 722 g/mol. The fourth-order valence-electron chi connectivity index (χ4n) is 6.34. The van der Waals surface area contributed by atoms with E-state index in [4.69, 9.17) is 0 Å². The number of hydrazine groups is 2. The first kappa shape index (κ1) is 44.1. The number of amides is 4. The Balaban J connectivity index is 1.85. The molecule has 2 aromatic rings. The largest absolute Gasteiger partial charge is 0.507 e. The van der Waals surface area contributed by atoms with Crippen LogP contribution in [0.2, 0.25) is 0 Å². The molecular weight excluding hydrogens is 656 g/mol. The van der Waals surface area contributed by atoms with E-state index in [1.807, 2.05) is 12.1 Å². The Hall–Kier alpha value is -4.08. The molecule has 6 N–H and O–H groups in total. The topological polar surface area (TPSA) is 157 Å². The molecule has 1 atom stereocenters. The SMILES string of the molecule is CCCCCCCCc1ccc(O)c(C(=O)NNC(=O)CCCC(CCCCCC)C(=O)NNC(=O)c2cc(CCCCCCCC)ccc2O)c1. The minimum atomic E-state index is -0.599. The van der Waals surface area contributed by atoms with Crippen LogP contribution in [0.5, 0.6) is 11.5 Å². The average molecular weight is 723 g/mol. The summed E-state index contributed by atoms with van der Waals surface area (Å²) in [5.41, 5.74) is 12.0. The fourth-order valence-corrected chi connectivity index (χ4v) is 6.34. The summed E-state index contributed by atoms with van der Waals surface area (Å²) < 4.78 is 0. The van der Waals surface area contributed by atoms with E-state index in [9.17, 15) is 29.4 Å². The van der Waals surface area contributed by atoms with Crippen LogP contribution in [-0.2, 0) is 22.4 Å². The zero-order chi connectivity index (χ0) is 38.0. The van der Waals surface area contributed by atoms with Gasteiger partial charge in [0.25, 0.3) is 11.8 Å². The summed E-state index contributed by atoms with van der Waals surface area (Å²) in [5.74, 6) is -2.68. The smallest absolute Gasteiger partial charge is 0.273 e. The molecule has 0 radical (unpaired) electrons. The first-order valence-corrected chi connectivity index (χ1v) is 20.0. The standard InChI is InChI=1S/C42H66N4O6/c1-4-7-10-13-15-17-21-32-26-28-37(47)35(30-32)41(51)45-43-39(49)25-20-24-34(23-19-12-9-6-3)40(50)44-46-42(52)36-31-33(27-29-38(36)48)22-18-16-14-11-8-5-2/h26-31,34,47-48H,4-25H2,1-3H3,(H,43,49)(H,44,50)(H,45,51)(H,46,52). The van der Waals surface area contributed by atoms with Gasteiger partial charge in [-0.2, -0.15) is 0 Å². The minimum Gasteiger partial charge on any atom is -0.507 e. The van der Waals surface area contributed by atoms with Crippen LogP contribution in [0.3, 0.4) is 0 Å². The summed E-state index contributed by atoms with van der Waals surface area (Å²) in [6.07, 6.45) is 21.0. The zero-order valence-corrected chi connectivity index (χ0v) is 32.1. The molecule has 2 rings (SSSR count). The lowest BCUT2D eigenvalue weighted by molar-refractivity contribution is -0.127. The highest BCUT2D eigenvalue weighted by atomic mass is 16.3. The Bertz CT molecular complexity index is 1360. The molecule has 0 aliphatic rings. The number of phenols is 2. The quantitative estimate of drug-likeness (QED) is 0.0421. The van der Waals surface area contributed by atoms with E-state index in [1.165, 1.54) is 63.5 Å². The molecule has 10 nitrogen and oxygen atoms in total. The second-order valence-corrected chi connectivity index (χ2v) is 14.1. The summed E-state index contributed by atoms with van der Waals surface area (Å²) in [6.45, 7) is 6.50. The molecule has 0 bridgehead atoms. The van der Waals surface area contributed by atoms with Crippen LogP contribution in [-0.4, -0.2) is 33.8 Å². The van der Waals surface area contributed by atoms with Gasteiger partial charge in [-0.3, -0.25) is 40.9 Å². The van der Waals surface area contributed by atoms with Crippen molar-refractivity contribution in [1.29, 1.82) is 0 Å². The van der Waals surface area contributed by atoms with Crippen LogP contribution in [0.25, 0.3) is 0 Å². The van der Waals surface area contributed by atoms with Crippen LogP contribution < -0.4 is 21.7 Å². The lowest BCUT2D eigenvalue weighted by Gasteiger charge is -2.18. The number of phenolic OH excluding ortho intramolecular Hbond substituents is 2. The number of aromatic hydroxyl groups is 2. The lowest BCUT2D eigenvalue weighted by Crippen LogP contribution is -2.44. The van der Waals surface area contributed by atoms with E-state index in [-0.39, 0.29) is 35.0 Å². The zero-order valence-electron chi connectivity index (χ0n) is 32.1. The Morgan fingerprint density at radius 3 is 1.44 bits per heavy atom. The number of carbonyl (C=O) groups excluding carboxylic acids is 4. The minimum absolute atomic E-state index is 0.0781. The van der Waals surface area contributed by atoms with E-state index in [0.717, 1.165) is 75.3 Å². The molecule has 1 unspecified atom stereocenters. The highest BCUT2D eigenvalue weighted by Gasteiger charge is 2.21. The summed E-state index contributed by atoms with van der Waals surface area (Å²) in [4.78, 5) is 51.6. The van der Waals surface area contributed by atoms with Gasteiger partial charge in [-0.1, -0.05) is 123 Å². The Morgan fingerprint density at radius 1 is 0.519 bits per heavy atom. The van der Waals surface area contributed by atoms with Crippen molar-refractivity contribution in [2.45, 2.75) is 162 Å². The third-order valence-corrected chi connectivity index (χ3v) is 9.60. The highest BCUT2D eigenvalue weighted by molar-refractivity contribution is 5.98. The van der Waals surface area contributed by atoms with Gasteiger partial charge < -0.3 is 10.2 Å². The molecule has 0 heterocycles. The molecule has 290 valence electrons. The van der Waals surface area contributed by atoms with Crippen molar-refractivity contribution in [3.63, 3.8) is 0 Å². The van der Waals surface area contributed by atoms with E-state index in [0.29, 0.717) is 19.3 Å². The second kappa shape index (κ2) is 26.7. The van der Waals surface area contributed by atoms with Crippen molar-refractivity contribution in [3.05, 3.63) is 58.7 Å². The number of carbonyl (C=O) groups is 4. The highest BCUT2D eigenvalue weighted by Crippen LogP contribution is 2.22. The second-order valence-electron chi connectivity index (χ2n) is 14.1. The molecule has 10 heteroatoms. The first-order chi connectivity index (χ1) is 25.2. The third kappa shape index (κ3) is 17.9. The van der Waals surface area contributed by atoms with Crippen molar-refractivity contribution in [2.75, 3.05) is 0 Å². The molecule has 52 heavy (non-hydrogen) atoms. The van der Waals surface area contributed by atoms with E-state index in [2.05, 4.69) is 42.5 Å². The number of hydrogen-bond acceptors (Lipinski definition) is 6. The van der Waals surface area contributed by atoms with E-state index in [1.54, 1.807) is 12.1 Å². The predicted molar refractivity (Wildman–Crippen MR) is 208 cm³/mol. The van der Waals surface area contributed by atoms with Gasteiger partial charge in [0.1, 0.15) is 11.5 Å². The van der Waals surface area contributed by atoms with E-state index >= 15 is 0 Å². The summed E-state index contributed by atoms with van der Waals surface area (Å²) in [5, 5.41) is 20.6. The number of nitrogens with one attached hydrogen (secondary N) is 4. The molecule has 0 saturated heterocycles. The Labute approximate surface area is 312 Å². The van der Waals surface area contributed by atoms with Gasteiger partial charge in [-0.25, -0.2) is 0 Å². The van der Waals surface area contributed by atoms with Crippen LogP contribution in [0.4, 0.5) is 0 Å². The molecule has 2 aromatic carbocycles. The van der Waals surface area contributed by atoms with Gasteiger partial charge in [0, 0.05) is 12.3 Å². The maximum absolute atomic E-state index is 13.2. The fraction of sp³-hybridized carbons (Fsp3) is 0.619. The number of benzene rings is 2. The van der Waals surface area contributed by atoms with Crippen LogP contribution in [0.15, 0.2) is 36.4 Å². The molecule has 0 aromatic heterocycles. The van der Waals surface area contributed by atoms with Crippen molar-refractivity contribution in [2.24, 2.45) is 5.92 Å². The summed E-state index contributed by atoms with van der Waals surface area (Å²) in [7, 11) is 0. The maximum atomic E-state index is 13.2. The number of aryl methyl sites for hydroxylation is 2. The van der Waals surface area contributed by atoms with Gasteiger partial charge >= 0.3 is 0 Å². The van der Waals surface area contributed by atoms with Gasteiger partial charge in [0.05, 0.1) is 11.1 Å². The predicted octanol–water partition coefficient (Wildman–Crippen LogP) is 8.88. The maximum Gasteiger partial charge on any atom is 0.273 e. The number of unbranched alkanes of at least 4 members (excludes halogenated alkanes) is 13. The molecule has 0 fully saturated rings. The van der Waals surface area contributed by atoms with Gasteiger partial charge in [0.2, 0.25) is 11.8 Å². The van der Waals surface area contributed by atoms with Crippen LogP contribution in [0.1, 0.15) is 181 Å². The average Bonchev–Trinajstić information content (AvgIpc) is 3.14. The van der Waals surface area contributed by atoms with Crippen molar-refractivity contribution in [1.82, 2.24) is 21.7 Å². The van der Waals surface area contributed by atoms with Gasteiger partial charge in [0.15, 0.2) is 0 Å². The molecular formula is C42H66N4O6. The van der Waals surface area contributed by atoms with Crippen molar-refractivity contribution >= 4 is 23.6 Å². The van der Waals surface area contributed by atoms with Gasteiger partial charge in [-0.15, -0.1) is 0 Å². The molecule has 4 amide bonds. The Morgan fingerprint density at radius 2 is 0.942 bits per heavy atom. The van der Waals surface area contributed by atoms with Gasteiger partial charge in [-0.05, 0) is 80.3 Å². The van der Waals surface area contributed by atoms with E-state index < -0.39 is 23.6 Å². The first-order valence-electron chi connectivity index (χ1n) is 20.0. The normalized spacial score (nSPS) is 11.5. The van der Waals surface area contributed by atoms with Crippen LogP contribution in [0, 0.1) is 5.92 Å². The number of rotatable bonds is 26. The number of hydrogen-bond donors (Lipinski definition) is 6. The molecule has 0 aliphatic heterocycles. The molecule has 0 aliphatic carbocycles. The van der Waals surface area contributed by atoms with Crippen molar-refractivity contribution in [3.8, 4) is 11.5 Å². The summed E-state index contributed by atoms with van der Waals surface area (Å²) >= 11 is 0. The Kier molecular flexibility index (Phi) is 22.6.